The number of hydrogen-bond donors (Lipinski definition) is 2. The first-order valence-electron chi connectivity index (χ1n) is 6.97. The van der Waals surface area contributed by atoms with Gasteiger partial charge in [-0.1, -0.05) is 17.7 Å². The second-order valence-electron chi connectivity index (χ2n) is 5.37. The van der Waals surface area contributed by atoms with Gasteiger partial charge in [0.1, 0.15) is 0 Å². The highest BCUT2D eigenvalue weighted by molar-refractivity contribution is 6.31. The lowest BCUT2D eigenvalue weighted by atomic mass is 10.1. The van der Waals surface area contributed by atoms with Crippen LogP contribution in [0.2, 0.25) is 5.02 Å². The second kappa shape index (κ2) is 6.91. The molecule has 5 nitrogen and oxygen atoms in total. The smallest absolute Gasteiger partial charge is 0.304 e. The zero-order valence-corrected chi connectivity index (χ0v) is 12.7. The number of carboxylic acids is 1. The number of nitrogens with zero attached hydrogens (tertiary/aromatic N) is 1. The van der Waals surface area contributed by atoms with E-state index in [1.165, 1.54) is 0 Å². The Morgan fingerprint density at radius 2 is 2.24 bits per heavy atom. The number of anilines is 1. The maximum atomic E-state index is 12.1. The van der Waals surface area contributed by atoms with Gasteiger partial charge in [-0.15, -0.1) is 0 Å². The van der Waals surface area contributed by atoms with Crippen LogP contribution in [0.3, 0.4) is 0 Å². The van der Waals surface area contributed by atoms with Crippen molar-refractivity contribution in [1.82, 2.24) is 4.90 Å². The third-order valence-electron chi connectivity index (χ3n) is 3.73. The summed E-state index contributed by atoms with van der Waals surface area (Å²) in [7, 11) is 0. The number of amides is 1. The Kier molecular flexibility index (Phi) is 5.20. The summed E-state index contributed by atoms with van der Waals surface area (Å²) in [6, 6.07) is 5.29. The number of nitrogens with one attached hydrogen (secondary N) is 1. The van der Waals surface area contributed by atoms with Crippen LogP contribution < -0.4 is 5.32 Å². The first-order chi connectivity index (χ1) is 9.95. The molecule has 0 aliphatic carbocycles. The van der Waals surface area contributed by atoms with Gasteiger partial charge in [0, 0.05) is 16.8 Å². The van der Waals surface area contributed by atoms with Crippen molar-refractivity contribution >= 4 is 29.2 Å². The number of hydrogen-bond acceptors (Lipinski definition) is 3. The van der Waals surface area contributed by atoms with Crippen LogP contribution in [0.1, 0.15) is 24.8 Å². The molecule has 2 N–H and O–H groups in total. The Labute approximate surface area is 128 Å². The molecule has 1 aromatic rings. The molecule has 0 aromatic heterocycles. The lowest BCUT2D eigenvalue weighted by Crippen LogP contribution is -2.37. The molecule has 2 rings (SSSR count). The van der Waals surface area contributed by atoms with Crippen LogP contribution in [0.25, 0.3) is 0 Å². The number of carbonyl (C=O) groups excluding carboxylic acids is 1. The molecule has 6 heteroatoms. The van der Waals surface area contributed by atoms with E-state index in [0.29, 0.717) is 10.7 Å². The Morgan fingerprint density at radius 3 is 2.95 bits per heavy atom. The fraction of sp³-hybridized carbons (Fsp3) is 0.467. The Bertz CT molecular complexity index is 548. The summed E-state index contributed by atoms with van der Waals surface area (Å²) in [5.41, 5.74) is 1.64. The minimum Gasteiger partial charge on any atom is -0.481 e. The van der Waals surface area contributed by atoms with E-state index in [9.17, 15) is 9.59 Å². The van der Waals surface area contributed by atoms with E-state index >= 15 is 0 Å². The normalized spacial score (nSPS) is 18.7. The van der Waals surface area contributed by atoms with Crippen molar-refractivity contribution in [2.24, 2.45) is 0 Å². The summed E-state index contributed by atoms with van der Waals surface area (Å²) >= 11 is 5.92. The molecule has 1 heterocycles. The van der Waals surface area contributed by atoms with Crippen molar-refractivity contribution < 1.29 is 14.7 Å². The number of likely N-dealkylation sites (tertiary alicyclic amines) is 1. The topological polar surface area (TPSA) is 69.6 Å². The van der Waals surface area contributed by atoms with Crippen molar-refractivity contribution in [2.75, 3.05) is 18.4 Å². The molecule has 1 saturated heterocycles. The summed E-state index contributed by atoms with van der Waals surface area (Å²) in [5, 5.41) is 12.3. The summed E-state index contributed by atoms with van der Waals surface area (Å²) in [5.74, 6) is -0.962. The number of aryl methyl sites for hydroxylation is 1. The molecular formula is C15H19ClN2O3. The summed E-state index contributed by atoms with van der Waals surface area (Å²) < 4.78 is 0. The van der Waals surface area contributed by atoms with Gasteiger partial charge in [0.2, 0.25) is 5.91 Å². The van der Waals surface area contributed by atoms with Crippen LogP contribution >= 0.6 is 11.6 Å². The molecule has 1 aliphatic heterocycles. The van der Waals surface area contributed by atoms with Crippen LogP contribution in [0, 0.1) is 6.92 Å². The average molecular weight is 311 g/mol. The van der Waals surface area contributed by atoms with Crippen molar-refractivity contribution in [1.29, 1.82) is 0 Å². The van der Waals surface area contributed by atoms with Crippen LogP contribution in [-0.4, -0.2) is 41.0 Å². The van der Waals surface area contributed by atoms with Crippen LogP contribution in [0.15, 0.2) is 18.2 Å². The molecule has 1 aromatic carbocycles. The van der Waals surface area contributed by atoms with Gasteiger partial charge in [0.05, 0.1) is 13.0 Å². The highest BCUT2D eigenvalue weighted by Gasteiger charge is 2.28. The van der Waals surface area contributed by atoms with Crippen molar-refractivity contribution in [3.05, 3.63) is 28.8 Å². The molecule has 0 spiro atoms. The van der Waals surface area contributed by atoms with Crippen LogP contribution in [0.5, 0.6) is 0 Å². The molecule has 1 amide bonds. The number of halogens is 1. The average Bonchev–Trinajstić information content (AvgIpc) is 2.80. The predicted molar refractivity (Wildman–Crippen MR) is 81.7 cm³/mol. The third-order valence-corrected chi connectivity index (χ3v) is 3.96. The first kappa shape index (κ1) is 15.8. The fourth-order valence-corrected chi connectivity index (χ4v) is 2.81. The van der Waals surface area contributed by atoms with Crippen molar-refractivity contribution in [3.8, 4) is 0 Å². The van der Waals surface area contributed by atoms with Crippen LogP contribution in [-0.2, 0) is 9.59 Å². The number of rotatable bonds is 5. The monoisotopic (exact) mass is 310 g/mol. The van der Waals surface area contributed by atoms with Gasteiger partial charge in [0.15, 0.2) is 0 Å². The molecule has 114 valence electrons. The Hall–Kier alpha value is -1.59. The molecular weight excluding hydrogens is 292 g/mol. The van der Waals surface area contributed by atoms with E-state index in [1.807, 2.05) is 17.9 Å². The molecule has 0 bridgehead atoms. The quantitative estimate of drug-likeness (QED) is 0.877. The Morgan fingerprint density at radius 1 is 1.48 bits per heavy atom. The zero-order valence-electron chi connectivity index (χ0n) is 11.9. The number of carbonyl (C=O) groups is 2. The summed E-state index contributed by atoms with van der Waals surface area (Å²) in [4.78, 5) is 24.9. The molecule has 21 heavy (non-hydrogen) atoms. The molecule has 1 atom stereocenters. The van der Waals surface area contributed by atoms with Gasteiger partial charge in [-0.3, -0.25) is 14.5 Å². The van der Waals surface area contributed by atoms with Crippen LogP contribution in [0.4, 0.5) is 5.69 Å². The minimum atomic E-state index is -0.821. The maximum Gasteiger partial charge on any atom is 0.304 e. The first-order valence-corrected chi connectivity index (χ1v) is 7.35. The zero-order chi connectivity index (χ0) is 15.4. The van der Waals surface area contributed by atoms with Gasteiger partial charge >= 0.3 is 5.97 Å². The van der Waals surface area contributed by atoms with Gasteiger partial charge in [0.25, 0.3) is 0 Å². The van der Waals surface area contributed by atoms with E-state index in [0.717, 1.165) is 24.9 Å². The summed E-state index contributed by atoms with van der Waals surface area (Å²) in [6.45, 7) is 2.87. The number of carboxylic acid groups (broad SMARTS) is 1. The summed E-state index contributed by atoms with van der Waals surface area (Å²) in [6.07, 6.45) is 1.85. The molecule has 1 unspecified atom stereocenters. The predicted octanol–water partition coefficient (Wildman–Crippen LogP) is 2.53. The number of benzene rings is 1. The molecule has 0 saturated carbocycles. The lowest BCUT2D eigenvalue weighted by molar-refractivity contribution is -0.138. The Balaban J connectivity index is 1.95. The fourth-order valence-electron chi connectivity index (χ4n) is 2.64. The molecule has 0 radical (unpaired) electrons. The van der Waals surface area contributed by atoms with E-state index < -0.39 is 5.97 Å². The van der Waals surface area contributed by atoms with Crippen molar-refractivity contribution in [2.45, 2.75) is 32.2 Å². The largest absolute Gasteiger partial charge is 0.481 e. The van der Waals surface area contributed by atoms with Gasteiger partial charge < -0.3 is 10.4 Å². The minimum absolute atomic E-state index is 0.0475. The van der Waals surface area contributed by atoms with Crippen molar-refractivity contribution in [3.63, 3.8) is 0 Å². The van der Waals surface area contributed by atoms with E-state index in [1.54, 1.807) is 12.1 Å². The highest BCUT2D eigenvalue weighted by Crippen LogP contribution is 2.22. The molecule has 1 fully saturated rings. The second-order valence-corrected chi connectivity index (χ2v) is 5.81. The van der Waals surface area contributed by atoms with E-state index in [4.69, 9.17) is 16.7 Å². The van der Waals surface area contributed by atoms with E-state index in [-0.39, 0.29) is 24.9 Å². The highest BCUT2D eigenvalue weighted by atomic mass is 35.5. The maximum absolute atomic E-state index is 12.1. The van der Waals surface area contributed by atoms with Gasteiger partial charge in [-0.05, 0) is 44.0 Å². The lowest BCUT2D eigenvalue weighted by Gasteiger charge is -2.22. The SMILES string of the molecule is Cc1ccc(Cl)cc1NC(=O)CN1CCCC1CC(=O)O. The van der Waals surface area contributed by atoms with E-state index in [2.05, 4.69) is 5.32 Å². The third kappa shape index (κ3) is 4.44. The molecule has 1 aliphatic rings. The van der Waals surface area contributed by atoms with Gasteiger partial charge in [-0.25, -0.2) is 0 Å². The van der Waals surface area contributed by atoms with Gasteiger partial charge in [-0.2, -0.15) is 0 Å². The number of aliphatic carboxylic acids is 1. The standard InChI is InChI=1S/C15H19ClN2O3/c1-10-4-5-11(16)7-13(10)17-14(19)9-18-6-2-3-12(18)8-15(20)21/h4-5,7,12H,2-3,6,8-9H2,1H3,(H,17,19)(H,20,21).